The summed E-state index contributed by atoms with van der Waals surface area (Å²) in [6, 6.07) is 2.37. The minimum atomic E-state index is -0.969. The summed E-state index contributed by atoms with van der Waals surface area (Å²) in [5, 5.41) is 0. The zero-order valence-electron chi connectivity index (χ0n) is 13.8. The van der Waals surface area contributed by atoms with Crippen molar-refractivity contribution in [2.75, 3.05) is 13.1 Å². The molecule has 4 nitrogen and oxygen atoms in total. The number of rotatable bonds is 2. The van der Waals surface area contributed by atoms with Gasteiger partial charge in [0.25, 0.3) is 5.91 Å². The number of carbonyl (C=O) groups excluding carboxylic acids is 1. The van der Waals surface area contributed by atoms with Crippen LogP contribution < -0.4 is 5.46 Å². The van der Waals surface area contributed by atoms with Gasteiger partial charge in [-0.1, -0.05) is 6.07 Å². The summed E-state index contributed by atoms with van der Waals surface area (Å²) in [5.74, 6) is -2.38. The predicted molar refractivity (Wildman–Crippen MR) is 82.6 cm³/mol. The van der Waals surface area contributed by atoms with E-state index in [1.807, 2.05) is 27.7 Å². The Morgan fingerprint density at radius 3 is 2.17 bits per heavy atom. The lowest BCUT2D eigenvalue weighted by atomic mass is 9.77. The zero-order chi connectivity index (χ0) is 17.0. The molecule has 23 heavy (non-hydrogen) atoms. The second-order valence-electron chi connectivity index (χ2n) is 7.06. The molecule has 0 saturated carbocycles. The lowest BCUT2D eigenvalue weighted by molar-refractivity contribution is 0.00578. The normalized spacial score (nSPS) is 22.2. The van der Waals surface area contributed by atoms with Crippen molar-refractivity contribution in [1.82, 2.24) is 4.90 Å². The molecule has 2 fully saturated rings. The number of likely N-dealkylation sites (tertiary alicyclic amines) is 1. The molecular weight excluding hydrogens is 303 g/mol. The van der Waals surface area contributed by atoms with E-state index >= 15 is 0 Å². The SMILES string of the molecule is CC1(C)OB(c2ccc(F)c(C(=O)N3CCC3)c2F)OC1(C)C. The molecule has 1 aromatic carbocycles. The van der Waals surface area contributed by atoms with Crippen LogP contribution in [0.4, 0.5) is 8.78 Å². The molecule has 2 aliphatic heterocycles. The summed E-state index contributed by atoms with van der Waals surface area (Å²) in [7, 11) is -0.969. The highest BCUT2D eigenvalue weighted by molar-refractivity contribution is 6.62. The maximum absolute atomic E-state index is 14.8. The van der Waals surface area contributed by atoms with Gasteiger partial charge in [-0.2, -0.15) is 0 Å². The molecule has 1 amide bonds. The van der Waals surface area contributed by atoms with E-state index in [2.05, 4.69) is 0 Å². The molecule has 0 bridgehead atoms. The van der Waals surface area contributed by atoms with Crippen LogP contribution in [0.3, 0.4) is 0 Å². The molecule has 124 valence electrons. The van der Waals surface area contributed by atoms with E-state index in [4.69, 9.17) is 9.31 Å². The Kier molecular flexibility index (Phi) is 3.76. The fourth-order valence-electron chi connectivity index (χ4n) is 2.59. The van der Waals surface area contributed by atoms with E-state index in [0.717, 1.165) is 12.5 Å². The highest BCUT2D eigenvalue weighted by Gasteiger charge is 2.52. The Morgan fingerprint density at radius 1 is 1.13 bits per heavy atom. The van der Waals surface area contributed by atoms with Crippen molar-refractivity contribution >= 4 is 18.5 Å². The van der Waals surface area contributed by atoms with Crippen molar-refractivity contribution in [3.05, 3.63) is 29.3 Å². The van der Waals surface area contributed by atoms with Crippen molar-refractivity contribution in [2.24, 2.45) is 0 Å². The van der Waals surface area contributed by atoms with E-state index in [1.165, 1.54) is 11.0 Å². The topological polar surface area (TPSA) is 38.8 Å². The first-order chi connectivity index (χ1) is 10.6. The first kappa shape index (κ1) is 16.4. The number of carbonyl (C=O) groups is 1. The highest BCUT2D eigenvalue weighted by atomic mass is 19.1. The van der Waals surface area contributed by atoms with Crippen molar-refractivity contribution in [2.45, 2.75) is 45.3 Å². The first-order valence-corrected chi connectivity index (χ1v) is 7.77. The third-order valence-corrected chi connectivity index (χ3v) is 4.99. The van der Waals surface area contributed by atoms with Crippen LogP contribution >= 0.6 is 0 Å². The fourth-order valence-corrected chi connectivity index (χ4v) is 2.59. The summed E-state index contributed by atoms with van der Waals surface area (Å²) in [6.07, 6.45) is 0.853. The van der Waals surface area contributed by atoms with E-state index in [-0.39, 0.29) is 5.46 Å². The van der Waals surface area contributed by atoms with Gasteiger partial charge in [0, 0.05) is 18.6 Å². The summed E-state index contributed by atoms with van der Waals surface area (Å²) in [5.41, 5.74) is -1.76. The zero-order valence-corrected chi connectivity index (χ0v) is 13.8. The Morgan fingerprint density at radius 2 is 1.70 bits per heavy atom. The number of hydrogen-bond donors (Lipinski definition) is 0. The van der Waals surface area contributed by atoms with Gasteiger partial charge in [-0.05, 0) is 40.2 Å². The molecular formula is C16H20BF2NO3. The van der Waals surface area contributed by atoms with Gasteiger partial charge in [0.1, 0.15) is 17.2 Å². The molecule has 0 aromatic heterocycles. The van der Waals surface area contributed by atoms with Crippen molar-refractivity contribution in [1.29, 1.82) is 0 Å². The minimum absolute atomic E-state index is 0.0499. The molecule has 0 spiro atoms. The predicted octanol–water partition coefficient (Wildman–Crippen LogP) is 2.11. The third kappa shape index (κ3) is 2.56. The van der Waals surface area contributed by atoms with Gasteiger partial charge in [0.15, 0.2) is 0 Å². The summed E-state index contributed by atoms with van der Waals surface area (Å²) >= 11 is 0. The van der Waals surface area contributed by atoms with Gasteiger partial charge in [0.05, 0.1) is 11.2 Å². The number of benzene rings is 1. The largest absolute Gasteiger partial charge is 0.497 e. The molecule has 2 aliphatic rings. The maximum atomic E-state index is 14.8. The molecule has 3 rings (SSSR count). The van der Waals surface area contributed by atoms with Gasteiger partial charge in [-0.25, -0.2) is 8.78 Å². The number of hydrogen-bond acceptors (Lipinski definition) is 3. The Hall–Kier alpha value is -1.47. The van der Waals surface area contributed by atoms with E-state index < -0.39 is 41.4 Å². The number of amides is 1. The van der Waals surface area contributed by atoms with E-state index in [0.29, 0.717) is 13.1 Å². The van der Waals surface area contributed by atoms with Crippen LogP contribution in [-0.4, -0.2) is 42.2 Å². The minimum Gasteiger partial charge on any atom is -0.399 e. The monoisotopic (exact) mass is 323 g/mol. The standard InChI is InChI=1S/C16H20BF2NO3/c1-15(2)16(3,4)23-17(22-15)10-6-7-11(18)12(13(10)19)14(21)20-8-5-9-20/h6-7H,5,8-9H2,1-4H3. The maximum Gasteiger partial charge on any atom is 0.497 e. The van der Waals surface area contributed by atoms with Gasteiger partial charge >= 0.3 is 7.12 Å². The fraction of sp³-hybridized carbons (Fsp3) is 0.562. The van der Waals surface area contributed by atoms with Crippen LogP contribution in [0.5, 0.6) is 0 Å². The summed E-state index contributed by atoms with van der Waals surface area (Å²) in [4.78, 5) is 13.7. The van der Waals surface area contributed by atoms with Crippen LogP contribution in [0.2, 0.25) is 0 Å². The second-order valence-corrected chi connectivity index (χ2v) is 7.06. The molecule has 7 heteroatoms. The van der Waals surface area contributed by atoms with Crippen molar-refractivity contribution in [3.8, 4) is 0 Å². The third-order valence-electron chi connectivity index (χ3n) is 4.99. The number of nitrogens with zero attached hydrogens (tertiary/aromatic N) is 1. The Balaban J connectivity index is 1.97. The lowest BCUT2D eigenvalue weighted by Crippen LogP contribution is -2.44. The van der Waals surface area contributed by atoms with Crippen LogP contribution in [0.15, 0.2) is 12.1 Å². The van der Waals surface area contributed by atoms with Crippen LogP contribution in [0, 0.1) is 11.6 Å². The summed E-state index contributed by atoms with van der Waals surface area (Å²) in [6.45, 7) is 8.44. The molecule has 2 heterocycles. The van der Waals surface area contributed by atoms with Gasteiger partial charge in [-0.3, -0.25) is 4.79 Å². The quantitative estimate of drug-likeness (QED) is 0.783. The molecule has 2 saturated heterocycles. The average molecular weight is 323 g/mol. The van der Waals surface area contributed by atoms with Crippen molar-refractivity contribution in [3.63, 3.8) is 0 Å². The van der Waals surface area contributed by atoms with E-state index in [9.17, 15) is 13.6 Å². The molecule has 0 unspecified atom stereocenters. The van der Waals surface area contributed by atoms with Gasteiger partial charge in [0.2, 0.25) is 0 Å². The second kappa shape index (κ2) is 5.28. The van der Waals surface area contributed by atoms with Crippen molar-refractivity contribution < 1.29 is 22.9 Å². The van der Waals surface area contributed by atoms with Gasteiger partial charge in [-0.15, -0.1) is 0 Å². The highest BCUT2D eigenvalue weighted by Crippen LogP contribution is 2.36. The molecule has 0 N–H and O–H groups in total. The lowest BCUT2D eigenvalue weighted by Gasteiger charge is -2.32. The van der Waals surface area contributed by atoms with Crippen LogP contribution in [0.25, 0.3) is 0 Å². The Labute approximate surface area is 134 Å². The van der Waals surface area contributed by atoms with Crippen LogP contribution in [-0.2, 0) is 9.31 Å². The molecule has 0 radical (unpaired) electrons. The number of halogens is 2. The first-order valence-electron chi connectivity index (χ1n) is 7.77. The average Bonchev–Trinajstić information content (AvgIpc) is 2.55. The molecule has 0 aliphatic carbocycles. The van der Waals surface area contributed by atoms with Gasteiger partial charge < -0.3 is 14.2 Å². The summed E-state index contributed by atoms with van der Waals surface area (Å²) < 4.78 is 40.4. The molecule has 1 aromatic rings. The van der Waals surface area contributed by atoms with E-state index in [1.54, 1.807) is 0 Å². The van der Waals surface area contributed by atoms with Crippen LogP contribution in [0.1, 0.15) is 44.5 Å². The Bertz CT molecular complexity index is 643. The molecule has 0 atom stereocenters. The smallest absolute Gasteiger partial charge is 0.399 e.